The van der Waals surface area contributed by atoms with E-state index in [1.807, 2.05) is 38.1 Å². The van der Waals surface area contributed by atoms with Gasteiger partial charge in [-0.1, -0.05) is 23.7 Å². The van der Waals surface area contributed by atoms with E-state index >= 15 is 0 Å². The molecule has 0 aliphatic carbocycles. The minimum atomic E-state index is -0.114. The van der Waals surface area contributed by atoms with Gasteiger partial charge in [0.25, 0.3) is 0 Å². The predicted molar refractivity (Wildman–Crippen MR) is 66.3 cm³/mol. The van der Waals surface area contributed by atoms with Crippen LogP contribution in [0, 0.1) is 0 Å². The Bertz CT molecular complexity index is 349. The van der Waals surface area contributed by atoms with Crippen LogP contribution in [0.5, 0.6) is 0 Å². The summed E-state index contributed by atoms with van der Waals surface area (Å²) in [5.41, 5.74) is 6.58. The maximum Gasteiger partial charge on any atom is 0.222 e. The predicted octanol–water partition coefficient (Wildman–Crippen LogP) is 2.25. The zero-order valence-electron chi connectivity index (χ0n) is 9.53. The Hall–Kier alpha value is -1.06. The first-order valence-corrected chi connectivity index (χ1v) is 5.67. The van der Waals surface area contributed by atoms with E-state index in [-0.39, 0.29) is 18.0 Å². The third kappa shape index (κ3) is 4.21. The summed E-state index contributed by atoms with van der Waals surface area (Å²) in [5.74, 6) is -0.0301. The maximum atomic E-state index is 11.5. The van der Waals surface area contributed by atoms with E-state index in [4.69, 9.17) is 17.3 Å². The quantitative estimate of drug-likeness (QED) is 0.848. The van der Waals surface area contributed by atoms with Crippen LogP contribution in [-0.4, -0.2) is 11.9 Å². The highest BCUT2D eigenvalue weighted by Crippen LogP contribution is 2.16. The Labute approximate surface area is 101 Å². The fourth-order valence-corrected chi connectivity index (χ4v) is 1.55. The lowest BCUT2D eigenvalue weighted by Gasteiger charge is -2.15. The molecule has 1 aromatic carbocycles. The second-order valence-electron chi connectivity index (χ2n) is 4.02. The van der Waals surface area contributed by atoms with E-state index < -0.39 is 0 Å². The molecule has 1 rings (SSSR count). The zero-order valence-corrected chi connectivity index (χ0v) is 10.3. The number of hydrogen-bond acceptors (Lipinski definition) is 2. The molecule has 4 heteroatoms. The van der Waals surface area contributed by atoms with Gasteiger partial charge in [-0.05, 0) is 31.5 Å². The van der Waals surface area contributed by atoms with E-state index in [1.54, 1.807) is 0 Å². The molecule has 0 aliphatic rings. The molecule has 0 spiro atoms. The van der Waals surface area contributed by atoms with Crippen molar-refractivity contribution in [3.63, 3.8) is 0 Å². The maximum absolute atomic E-state index is 11.5. The minimum Gasteiger partial charge on any atom is -0.350 e. The van der Waals surface area contributed by atoms with Crippen LogP contribution < -0.4 is 11.1 Å². The van der Waals surface area contributed by atoms with Gasteiger partial charge in [-0.25, -0.2) is 0 Å². The lowest BCUT2D eigenvalue weighted by molar-refractivity contribution is -0.121. The molecular weight excluding hydrogens is 224 g/mol. The van der Waals surface area contributed by atoms with Gasteiger partial charge in [-0.15, -0.1) is 0 Å². The van der Waals surface area contributed by atoms with Crippen molar-refractivity contribution in [2.24, 2.45) is 5.73 Å². The Morgan fingerprint density at radius 1 is 1.38 bits per heavy atom. The summed E-state index contributed by atoms with van der Waals surface area (Å²) in [4.78, 5) is 11.5. The van der Waals surface area contributed by atoms with Gasteiger partial charge in [-0.2, -0.15) is 0 Å². The summed E-state index contributed by atoms with van der Waals surface area (Å²) in [6.07, 6.45) is 0.345. The van der Waals surface area contributed by atoms with E-state index in [1.165, 1.54) is 0 Å². The van der Waals surface area contributed by atoms with Crippen molar-refractivity contribution in [3.8, 4) is 0 Å². The summed E-state index contributed by atoms with van der Waals surface area (Å²) in [5, 5.41) is 3.58. The van der Waals surface area contributed by atoms with Crippen LogP contribution in [0.1, 0.15) is 31.9 Å². The van der Waals surface area contributed by atoms with Gasteiger partial charge in [-0.3, -0.25) is 4.79 Å². The third-order valence-corrected chi connectivity index (χ3v) is 2.51. The van der Waals surface area contributed by atoms with Crippen molar-refractivity contribution in [2.75, 3.05) is 0 Å². The highest BCUT2D eigenvalue weighted by molar-refractivity contribution is 6.30. The SMILES string of the molecule is CC(N)CC(=O)N[C@@H](C)c1ccc(Cl)cc1. The number of hydrogen-bond donors (Lipinski definition) is 2. The number of rotatable bonds is 4. The first-order valence-electron chi connectivity index (χ1n) is 5.29. The standard InChI is InChI=1S/C12H17ClN2O/c1-8(14)7-12(16)15-9(2)10-3-5-11(13)6-4-10/h3-6,8-9H,7,14H2,1-2H3,(H,15,16)/t8?,9-/m0/s1. The summed E-state index contributed by atoms with van der Waals surface area (Å²) >= 11 is 5.79. The van der Waals surface area contributed by atoms with Crippen LogP contribution in [0.2, 0.25) is 5.02 Å². The lowest BCUT2D eigenvalue weighted by Crippen LogP contribution is -2.31. The average Bonchev–Trinajstić information content (AvgIpc) is 2.16. The normalized spacial score (nSPS) is 14.2. The first kappa shape index (κ1) is 13.0. The summed E-state index contributed by atoms with van der Waals surface area (Å²) in [7, 11) is 0. The lowest BCUT2D eigenvalue weighted by atomic mass is 10.1. The molecule has 3 N–H and O–H groups in total. The topological polar surface area (TPSA) is 55.1 Å². The number of carbonyl (C=O) groups excluding carboxylic acids is 1. The van der Waals surface area contributed by atoms with Gasteiger partial charge in [0.1, 0.15) is 0 Å². The average molecular weight is 241 g/mol. The monoisotopic (exact) mass is 240 g/mol. The molecule has 0 bridgehead atoms. The summed E-state index contributed by atoms with van der Waals surface area (Å²) in [6.45, 7) is 3.74. The number of amides is 1. The number of benzene rings is 1. The Morgan fingerprint density at radius 2 is 1.94 bits per heavy atom. The molecule has 16 heavy (non-hydrogen) atoms. The first-order chi connectivity index (χ1) is 7.49. The van der Waals surface area contributed by atoms with Gasteiger partial charge in [0, 0.05) is 17.5 Å². The molecule has 2 atom stereocenters. The van der Waals surface area contributed by atoms with Crippen molar-refractivity contribution in [1.82, 2.24) is 5.32 Å². The van der Waals surface area contributed by atoms with Gasteiger partial charge in [0.05, 0.1) is 6.04 Å². The van der Waals surface area contributed by atoms with E-state index in [9.17, 15) is 4.79 Å². The minimum absolute atomic E-state index is 0.0245. The van der Waals surface area contributed by atoms with Crippen molar-refractivity contribution in [1.29, 1.82) is 0 Å². The van der Waals surface area contributed by atoms with Crippen LogP contribution >= 0.6 is 11.6 Å². The van der Waals surface area contributed by atoms with Crippen molar-refractivity contribution < 1.29 is 4.79 Å². The molecule has 1 unspecified atom stereocenters. The van der Waals surface area contributed by atoms with E-state index in [0.29, 0.717) is 11.4 Å². The molecule has 0 heterocycles. The summed E-state index contributed by atoms with van der Waals surface area (Å²) < 4.78 is 0. The number of halogens is 1. The molecule has 3 nitrogen and oxygen atoms in total. The number of nitrogens with one attached hydrogen (secondary N) is 1. The van der Waals surface area contributed by atoms with Crippen LogP contribution in [0.15, 0.2) is 24.3 Å². The van der Waals surface area contributed by atoms with Crippen LogP contribution in [0.25, 0.3) is 0 Å². The smallest absolute Gasteiger partial charge is 0.222 e. The third-order valence-electron chi connectivity index (χ3n) is 2.25. The number of nitrogens with two attached hydrogens (primary N) is 1. The molecule has 0 aliphatic heterocycles. The van der Waals surface area contributed by atoms with E-state index in [0.717, 1.165) is 5.56 Å². The second kappa shape index (κ2) is 5.87. The van der Waals surface area contributed by atoms with Crippen molar-refractivity contribution >= 4 is 17.5 Å². The second-order valence-corrected chi connectivity index (χ2v) is 4.46. The van der Waals surface area contributed by atoms with Gasteiger partial charge in [0.2, 0.25) is 5.91 Å². The molecule has 0 saturated heterocycles. The highest BCUT2D eigenvalue weighted by Gasteiger charge is 2.10. The molecule has 0 radical (unpaired) electrons. The summed E-state index contributed by atoms with van der Waals surface area (Å²) in [6, 6.07) is 7.29. The fraction of sp³-hybridized carbons (Fsp3) is 0.417. The van der Waals surface area contributed by atoms with Gasteiger partial charge < -0.3 is 11.1 Å². The highest BCUT2D eigenvalue weighted by atomic mass is 35.5. The molecule has 0 aromatic heterocycles. The molecule has 1 amide bonds. The molecule has 88 valence electrons. The zero-order chi connectivity index (χ0) is 12.1. The largest absolute Gasteiger partial charge is 0.350 e. The van der Waals surface area contributed by atoms with Crippen LogP contribution in [-0.2, 0) is 4.79 Å². The number of carbonyl (C=O) groups is 1. The fourth-order valence-electron chi connectivity index (χ4n) is 1.43. The van der Waals surface area contributed by atoms with Crippen LogP contribution in [0.4, 0.5) is 0 Å². The molecular formula is C12H17ClN2O. The van der Waals surface area contributed by atoms with Gasteiger partial charge in [0.15, 0.2) is 0 Å². The van der Waals surface area contributed by atoms with Gasteiger partial charge >= 0.3 is 0 Å². The molecule has 0 fully saturated rings. The molecule has 0 saturated carbocycles. The molecule has 1 aromatic rings. The van der Waals surface area contributed by atoms with E-state index in [2.05, 4.69) is 5.32 Å². The Balaban J connectivity index is 2.55. The van der Waals surface area contributed by atoms with Crippen LogP contribution in [0.3, 0.4) is 0 Å². The van der Waals surface area contributed by atoms with Crippen molar-refractivity contribution in [3.05, 3.63) is 34.9 Å². The van der Waals surface area contributed by atoms with Crippen molar-refractivity contribution in [2.45, 2.75) is 32.4 Å². The Morgan fingerprint density at radius 3 is 2.44 bits per heavy atom. The Kier molecular flexibility index (Phi) is 4.77.